The van der Waals surface area contributed by atoms with Crippen LogP contribution in [0.4, 0.5) is 5.82 Å². The number of anilines is 1. The molecule has 8 nitrogen and oxygen atoms in total. The smallest absolute Gasteiger partial charge is 0.328 e. The standard InChI is InChI=1S/C25H24N4O4S/c1-3-15(2)33-25(32)20(24(30)31)22-28-21(27-13-17-11-7-8-12-26-17)19-18(14-34-23(19)29-22)16-9-5-4-6-10-16/h4-12,14-15,20H,3,13H2,1-2H3,(H,30,31)(H,27,28,29). The van der Waals surface area contributed by atoms with E-state index in [4.69, 9.17) is 4.74 Å². The van der Waals surface area contributed by atoms with Crippen molar-refractivity contribution in [2.75, 3.05) is 5.32 Å². The fourth-order valence-electron chi connectivity index (χ4n) is 3.39. The van der Waals surface area contributed by atoms with Gasteiger partial charge in [0.25, 0.3) is 0 Å². The molecular formula is C25H24N4O4S. The van der Waals surface area contributed by atoms with Gasteiger partial charge < -0.3 is 15.2 Å². The zero-order valence-corrected chi connectivity index (χ0v) is 19.6. The van der Waals surface area contributed by atoms with Gasteiger partial charge in [0.1, 0.15) is 10.6 Å². The second-order valence-corrected chi connectivity index (χ2v) is 8.59. The third kappa shape index (κ3) is 5.04. The number of thiophene rings is 1. The average molecular weight is 477 g/mol. The van der Waals surface area contributed by atoms with Gasteiger partial charge in [0.15, 0.2) is 5.82 Å². The maximum absolute atomic E-state index is 12.7. The Bertz CT molecular complexity index is 1290. The first-order valence-corrected chi connectivity index (χ1v) is 11.8. The van der Waals surface area contributed by atoms with Crippen LogP contribution in [0.15, 0.2) is 60.1 Å². The predicted octanol–water partition coefficient (Wildman–Crippen LogP) is 4.88. The van der Waals surface area contributed by atoms with Gasteiger partial charge in [0.05, 0.1) is 23.7 Å². The van der Waals surface area contributed by atoms with Gasteiger partial charge >= 0.3 is 11.9 Å². The maximum atomic E-state index is 12.7. The van der Waals surface area contributed by atoms with E-state index in [1.54, 1.807) is 13.1 Å². The fourth-order valence-corrected chi connectivity index (χ4v) is 4.34. The molecule has 0 aliphatic heterocycles. The van der Waals surface area contributed by atoms with Gasteiger partial charge in [0.2, 0.25) is 5.92 Å². The SMILES string of the molecule is CCC(C)OC(=O)C(C(=O)O)c1nc(NCc2ccccn2)c2c(-c3ccccc3)csc2n1. The normalized spacial score (nSPS) is 12.8. The van der Waals surface area contributed by atoms with Crippen LogP contribution >= 0.6 is 11.3 Å². The van der Waals surface area contributed by atoms with E-state index < -0.39 is 24.0 Å². The number of rotatable bonds is 9. The van der Waals surface area contributed by atoms with E-state index in [0.717, 1.165) is 22.2 Å². The quantitative estimate of drug-likeness (QED) is 0.260. The average Bonchev–Trinajstić information content (AvgIpc) is 3.28. The summed E-state index contributed by atoms with van der Waals surface area (Å²) in [6, 6.07) is 15.4. The van der Waals surface area contributed by atoms with E-state index in [1.807, 2.05) is 60.8 Å². The molecule has 0 aliphatic carbocycles. The second-order valence-electron chi connectivity index (χ2n) is 7.73. The van der Waals surface area contributed by atoms with E-state index in [0.29, 0.717) is 23.6 Å². The number of carbonyl (C=O) groups excluding carboxylic acids is 1. The number of pyridine rings is 1. The highest BCUT2D eigenvalue weighted by Crippen LogP contribution is 2.38. The Morgan fingerprint density at radius 1 is 1.12 bits per heavy atom. The largest absolute Gasteiger partial charge is 0.480 e. The number of ether oxygens (including phenoxy) is 1. The molecule has 0 fully saturated rings. The van der Waals surface area contributed by atoms with Crippen LogP contribution in [0.5, 0.6) is 0 Å². The van der Waals surface area contributed by atoms with Crippen LogP contribution in [0, 0.1) is 0 Å². The molecule has 4 rings (SSSR count). The Kier molecular flexibility index (Phi) is 7.12. The fraction of sp³-hybridized carbons (Fsp3) is 0.240. The number of hydrogen-bond acceptors (Lipinski definition) is 8. The molecule has 3 heterocycles. The molecule has 9 heteroatoms. The van der Waals surface area contributed by atoms with Crippen molar-refractivity contribution in [3.05, 3.63) is 71.6 Å². The van der Waals surface area contributed by atoms with Gasteiger partial charge in [0, 0.05) is 17.1 Å². The lowest BCUT2D eigenvalue weighted by molar-refractivity contribution is -0.157. The number of carboxylic acid groups (broad SMARTS) is 1. The number of carboxylic acids is 1. The van der Waals surface area contributed by atoms with Crippen LogP contribution in [0.2, 0.25) is 0 Å². The third-order valence-corrected chi connectivity index (χ3v) is 6.20. The summed E-state index contributed by atoms with van der Waals surface area (Å²) in [5, 5.41) is 15.8. The molecule has 0 radical (unpaired) electrons. The van der Waals surface area contributed by atoms with E-state index in [-0.39, 0.29) is 5.82 Å². The lowest BCUT2D eigenvalue weighted by Gasteiger charge is -2.16. The molecular weight excluding hydrogens is 452 g/mol. The number of aromatic nitrogens is 3. The molecule has 0 saturated heterocycles. The molecule has 2 atom stereocenters. The number of nitrogens with zero attached hydrogens (tertiary/aromatic N) is 3. The Balaban J connectivity index is 1.81. The van der Waals surface area contributed by atoms with Crippen molar-refractivity contribution in [1.29, 1.82) is 0 Å². The number of benzene rings is 1. The van der Waals surface area contributed by atoms with Crippen LogP contribution in [0.3, 0.4) is 0 Å². The zero-order valence-electron chi connectivity index (χ0n) is 18.8. The van der Waals surface area contributed by atoms with Crippen LogP contribution in [0.25, 0.3) is 21.3 Å². The molecule has 34 heavy (non-hydrogen) atoms. The van der Waals surface area contributed by atoms with E-state index in [2.05, 4.69) is 20.3 Å². The highest BCUT2D eigenvalue weighted by molar-refractivity contribution is 7.17. The number of hydrogen-bond donors (Lipinski definition) is 2. The minimum atomic E-state index is -1.63. The molecule has 0 aliphatic rings. The molecule has 4 aromatic rings. The first kappa shape index (κ1) is 23.3. The third-order valence-electron chi connectivity index (χ3n) is 5.33. The van der Waals surface area contributed by atoms with E-state index in [1.165, 1.54) is 11.3 Å². The van der Waals surface area contributed by atoms with Gasteiger partial charge in [-0.1, -0.05) is 43.3 Å². The van der Waals surface area contributed by atoms with Gasteiger partial charge in [-0.05, 0) is 31.0 Å². The molecule has 2 unspecified atom stereocenters. The van der Waals surface area contributed by atoms with Crippen molar-refractivity contribution in [2.24, 2.45) is 0 Å². The molecule has 0 saturated carbocycles. The molecule has 174 valence electrons. The second kappa shape index (κ2) is 10.4. The topological polar surface area (TPSA) is 114 Å². The van der Waals surface area contributed by atoms with Crippen molar-refractivity contribution in [1.82, 2.24) is 15.0 Å². The number of fused-ring (bicyclic) bond motifs is 1. The monoisotopic (exact) mass is 476 g/mol. The lowest BCUT2D eigenvalue weighted by Crippen LogP contribution is -2.28. The summed E-state index contributed by atoms with van der Waals surface area (Å²) in [7, 11) is 0. The van der Waals surface area contributed by atoms with Crippen molar-refractivity contribution in [3.8, 4) is 11.1 Å². The number of esters is 1. The summed E-state index contributed by atoms with van der Waals surface area (Å²) in [6.45, 7) is 3.93. The van der Waals surface area contributed by atoms with E-state index in [9.17, 15) is 14.7 Å². The summed E-state index contributed by atoms with van der Waals surface area (Å²) in [5.74, 6) is -3.54. The summed E-state index contributed by atoms with van der Waals surface area (Å²) >= 11 is 1.37. The van der Waals surface area contributed by atoms with Crippen LogP contribution < -0.4 is 5.32 Å². The van der Waals surface area contributed by atoms with Gasteiger partial charge in [-0.25, -0.2) is 9.97 Å². The highest BCUT2D eigenvalue weighted by Gasteiger charge is 2.35. The molecule has 2 N–H and O–H groups in total. The number of aliphatic carboxylic acids is 1. The Labute approximate surface area is 200 Å². The van der Waals surface area contributed by atoms with Gasteiger partial charge in [-0.2, -0.15) is 0 Å². The lowest BCUT2D eigenvalue weighted by atomic mass is 10.1. The van der Waals surface area contributed by atoms with E-state index >= 15 is 0 Å². The van der Waals surface area contributed by atoms with Crippen molar-refractivity contribution >= 4 is 39.3 Å². The van der Waals surface area contributed by atoms with Crippen LogP contribution in [0.1, 0.15) is 37.7 Å². The molecule has 1 aromatic carbocycles. The predicted molar refractivity (Wildman–Crippen MR) is 131 cm³/mol. The van der Waals surface area contributed by atoms with Crippen molar-refractivity contribution in [2.45, 2.75) is 38.8 Å². The Morgan fingerprint density at radius 3 is 2.56 bits per heavy atom. The van der Waals surface area contributed by atoms with Crippen LogP contribution in [-0.4, -0.2) is 38.1 Å². The van der Waals surface area contributed by atoms with Gasteiger partial charge in [-0.3, -0.25) is 14.6 Å². The Morgan fingerprint density at radius 2 is 1.88 bits per heavy atom. The summed E-state index contributed by atoms with van der Waals surface area (Å²) in [6.07, 6.45) is 1.86. The summed E-state index contributed by atoms with van der Waals surface area (Å²) in [4.78, 5) is 38.7. The number of carbonyl (C=O) groups is 2. The summed E-state index contributed by atoms with van der Waals surface area (Å²) < 4.78 is 5.31. The van der Waals surface area contributed by atoms with Gasteiger partial charge in [-0.15, -0.1) is 11.3 Å². The molecule has 0 bridgehead atoms. The molecule has 0 amide bonds. The first-order chi connectivity index (χ1) is 16.5. The Hall–Kier alpha value is -3.85. The van der Waals surface area contributed by atoms with Crippen molar-refractivity contribution in [3.63, 3.8) is 0 Å². The van der Waals surface area contributed by atoms with Crippen molar-refractivity contribution < 1.29 is 19.4 Å². The number of nitrogens with one attached hydrogen (secondary N) is 1. The first-order valence-electron chi connectivity index (χ1n) is 10.9. The highest BCUT2D eigenvalue weighted by atomic mass is 32.1. The molecule has 3 aromatic heterocycles. The molecule has 0 spiro atoms. The summed E-state index contributed by atoms with van der Waals surface area (Å²) in [5.41, 5.74) is 2.69. The van der Waals surface area contributed by atoms with Crippen LogP contribution in [-0.2, 0) is 20.9 Å². The maximum Gasteiger partial charge on any atom is 0.328 e. The minimum absolute atomic E-state index is 0.113. The minimum Gasteiger partial charge on any atom is -0.480 e. The zero-order chi connectivity index (χ0) is 24.1.